The molecule has 1 amide bonds. The highest BCUT2D eigenvalue weighted by Gasteiger charge is 2.07. The van der Waals surface area contributed by atoms with E-state index in [0.717, 1.165) is 12.2 Å². The zero-order chi connectivity index (χ0) is 8.15. The molecule has 0 spiro atoms. The summed E-state index contributed by atoms with van der Waals surface area (Å²) in [4.78, 5) is 20.0. The summed E-state index contributed by atoms with van der Waals surface area (Å²) in [7, 11) is 0. The van der Waals surface area contributed by atoms with Crippen LogP contribution in [0, 0.1) is 0 Å². The molecule has 0 aliphatic carbocycles. The van der Waals surface area contributed by atoms with Crippen molar-refractivity contribution in [2.24, 2.45) is 5.73 Å². The second-order valence-corrected chi connectivity index (χ2v) is 1.97. The molecule has 0 aliphatic rings. The topological polar surface area (TPSA) is 80.4 Å². The van der Waals surface area contributed by atoms with Gasteiger partial charge in [-0.3, -0.25) is 9.59 Å². The zero-order valence-electron chi connectivity index (χ0n) is 4.95. The summed E-state index contributed by atoms with van der Waals surface area (Å²) in [6.07, 6.45) is 1.91. The molecule has 0 aromatic carbocycles. The molecule has 1 unspecified atom stereocenters. The summed E-state index contributed by atoms with van der Waals surface area (Å²) < 4.78 is 0. The Bertz CT molecular complexity index is 178. The van der Waals surface area contributed by atoms with Crippen LogP contribution in [0.2, 0.25) is 0 Å². The average molecular weight is 164 g/mol. The number of carbonyl (C=O) groups is 2. The number of halogens is 1. The van der Waals surface area contributed by atoms with Gasteiger partial charge in [0.25, 0.3) is 0 Å². The van der Waals surface area contributed by atoms with Crippen molar-refractivity contribution in [3.63, 3.8) is 0 Å². The van der Waals surface area contributed by atoms with E-state index in [-0.39, 0.29) is 0 Å². The minimum atomic E-state index is -1.21. The molecule has 4 nitrogen and oxygen atoms in total. The van der Waals surface area contributed by atoms with Crippen LogP contribution in [0.1, 0.15) is 0 Å². The Morgan fingerprint density at radius 1 is 1.60 bits per heavy atom. The van der Waals surface area contributed by atoms with Gasteiger partial charge in [0.05, 0.1) is 0 Å². The molecular formula is C5H6ClNO3. The average Bonchev–Trinajstić information content (AvgIpc) is 1.82. The number of carboxylic acid groups (broad SMARTS) is 1. The van der Waals surface area contributed by atoms with E-state index in [1.165, 1.54) is 0 Å². The molecule has 0 bridgehead atoms. The lowest BCUT2D eigenvalue weighted by Crippen LogP contribution is -2.12. The maximum atomic E-state index is 10.0. The lowest BCUT2D eigenvalue weighted by molar-refractivity contribution is -0.135. The standard InChI is InChI=1S/C5H6ClNO3/c6-3(5(9)10)1-2-4(7)8/h1-3H,(H2,7,8)(H,9,10). The number of carboxylic acids is 1. The van der Waals surface area contributed by atoms with E-state index in [1.807, 2.05) is 0 Å². The van der Waals surface area contributed by atoms with Crippen LogP contribution in [0.25, 0.3) is 0 Å². The molecule has 5 heteroatoms. The van der Waals surface area contributed by atoms with Gasteiger partial charge in [-0.15, -0.1) is 11.6 Å². The second kappa shape index (κ2) is 3.90. The number of amides is 1. The maximum absolute atomic E-state index is 10.0. The molecule has 0 rings (SSSR count). The fourth-order valence-corrected chi connectivity index (χ4v) is 0.334. The molecule has 0 saturated carbocycles. The van der Waals surface area contributed by atoms with Crippen molar-refractivity contribution in [1.29, 1.82) is 0 Å². The number of hydrogen-bond acceptors (Lipinski definition) is 2. The van der Waals surface area contributed by atoms with Crippen LogP contribution >= 0.6 is 11.6 Å². The predicted molar refractivity (Wildman–Crippen MR) is 35.6 cm³/mol. The molecular weight excluding hydrogens is 158 g/mol. The number of hydrogen-bond donors (Lipinski definition) is 2. The summed E-state index contributed by atoms with van der Waals surface area (Å²) in [5.41, 5.74) is 4.66. The first kappa shape index (κ1) is 8.97. The van der Waals surface area contributed by atoms with E-state index in [9.17, 15) is 9.59 Å². The zero-order valence-corrected chi connectivity index (χ0v) is 5.71. The van der Waals surface area contributed by atoms with Crippen LogP contribution in [-0.2, 0) is 9.59 Å². The number of alkyl halides is 1. The number of rotatable bonds is 3. The van der Waals surface area contributed by atoms with Gasteiger partial charge in [0.2, 0.25) is 5.91 Å². The Balaban J connectivity index is 3.89. The normalized spacial score (nSPS) is 13.3. The van der Waals surface area contributed by atoms with Gasteiger partial charge in [-0.25, -0.2) is 0 Å². The van der Waals surface area contributed by atoms with Crippen LogP contribution in [-0.4, -0.2) is 22.4 Å². The first-order valence-corrected chi connectivity index (χ1v) is 2.82. The summed E-state index contributed by atoms with van der Waals surface area (Å²) in [6, 6.07) is 0. The van der Waals surface area contributed by atoms with Crippen LogP contribution in [0.5, 0.6) is 0 Å². The highest BCUT2D eigenvalue weighted by Crippen LogP contribution is 1.96. The van der Waals surface area contributed by atoms with Crippen molar-refractivity contribution in [2.45, 2.75) is 5.38 Å². The van der Waals surface area contributed by atoms with Gasteiger partial charge < -0.3 is 10.8 Å². The lowest BCUT2D eigenvalue weighted by atomic mass is 10.3. The number of aliphatic carboxylic acids is 1. The van der Waals surface area contributed by atoms with E-state index in [1.54, 1.807) is 0 Å². The Morgan fingerprint density at radius 2 is 2.10 bits per heavy atom. The van der Waals surface area contributed by atoms with E-state index in [4.69, 9.17) is 16.7 Å². The Morgan fingerprint density at radius 3 is 2.40 bits per heavy atom. The van der Waals surface area contributed by atoms with Crippen molar-refractivity contribution in [2.75, 3.05) is 0 Å². The number of carbonyl (C=O) groups excluding carboxylic acids is 1. The van der Waals surface area contributed by atoms with E-state index >= 15 is 0 Å². The predicted octanol–water partition coefficient (Wildman–Crippen LogP) is -0.280. The van der Waals surface area contributed by atoms with Gasteiger partial charge in [-0.2, -0.15) is 0 Å². The van der Waals surface area contributed by atoms with Gasteiger partial charge in [0.1, 0.15) is 5.38 Å². The van der Waals surface area contributed by atoms with Crippen molar-refractivity contribution in [3.8, 4) is 0 Å². The molecule has 0 radical (unpaired) electrons. The monoisotopic (exact) mass is 163 g/mol. The van der Waals surface area contributed by atoms with Crippen LogP contribution < -0.4 is 5.73 Å². The van der Waals surface area contributed by atoms with Crippen molar-refractivity contribution < 1.29 is 14.7 Å². The Hall–Kier alpha value is -1.03. The number of nitrogens with two attached hydrogens (primary N) is 1. The lowest BCUT2D eigenvalue weighted by Gasteiger charge is -1.92. The van der Waals surface area contributed by atoms with Crippen molar-refractivity contribution in [3.05, 3.63) is 12.2 Å². The molecule has 0 aliphatic heterocycles. The molecule has 10 heavy (non-hydrogen) atoms. The molecule has 1 atom stereocenters. The van der Waals surface area contributed by atoms with E-state index < -0.39 is 17.3 Å². The van der Waals surface area contributed by atoms with Gasteiger partial charge in [-0.05, 0) is 0 Å². The third-order valence-corrected chi connectivity index (χ3v) is 0.998. The summed E-state index contributed by atoms with van der Waals surface area (Å²) in [5.74, 6) is -1.92. The molecule has 56 valence electrons. The van der Waals surface area contributed by atoms with Gasteiger partial charge in [0.15, 0.2) is 0 Å². The maximum Gasteiger partial charge on any atom is 0.325 e. The molecule has 0 aromatic rings. The SMILES string of the molecule is NC(=O)C=CC(Cl)C(=O)O. The highest BCUT2D eigenvalue weighted by molar-refractivity contribution is 6.31. The summed E-state index contributed by atoms with van der Waals surface area (Å²) >= 11 is 5.17. The third kappa shape index (κ3) is 3.91. The van der Waals surface area contributed by atoms with Gasteiger partial charge in [-0.1, -0.05) is 6.08 Å². The fourth-order valence-electron chi connectivity index (χ4n) is 0.262. The largest absolute Gasteiger partial charge is 0.480 e. The minimum Gasteiger partial charge on any atom is -0.480 e. The van der Waals surface area contributed by atoms with Gasteiger partial charge in [0, 0.05) is 6.08 Å². The van der Waals surface area contributed by atoms with Crippen LogP contribution in [0.4, 0.5) is 0 Å². The number of primary amides is 1. The Kier molecular flexibility index (Phi) is 3.49. The fraction of sp³-hybridized carbons (Fsp3) is 0.200. The molecule has 0 aromatic heterocycles. The summed E-state index contributed by atoms with van der Waals surface area (Å²) in [5, 5.41) is 6.97. The summed E-state index contributed by atoms with van der Waals surface area (Å²) in [6.45, 7) is 0. The molecule has 3 N–H and O–H groups in total. The van der Waals surface area contributed by atoms with E-state index in [2.05, 4.69) is 5.73 Å². The Labute approximate surface area is 62.3 Å². The highest BCUT2D eigenvalue weighted by atomic mass is 35.5. The molecule has 0 saturated heterocycles. The van der Waals surface area contributed by atoms with E-state index in [0.29, 0.717) is 0 Å². The third-order valence-electron chi connectivity index (χ3n) is 0.665. The minimum absolute atomic E-state index is 0.716. The molecule has 0 heterocycles. The van der Waals surface area contributed by atoms with Gasteiger partial charge >= 0.3 is 5.97 Å². The van der Waals surface area contributed by atoms with Crippen LogP contribution in [0.15, 0.2) is 12.2 Å². The van der Waals surface area contributed by atoms with Crippen molar-refractivity contribution >= 4 is 23.5 Å². The first-order chi connectivity index (χ1) is 4.54. The van der Waals surface area contributed by atoms with Crippen LogP contribution in [0.3, 0.4) is 0 Å². The smallest absolute Gasteiger partial charge is 0.325 e. The van der Waals surface area contributed by atoms with Crippen molar-refractivity contribution in [1.82, 2.24) is 0 Å². The quantitative estimate of drug-likeness (QED) is 0.444. The second-order valence-electron chi connectivity index (χ2n) is 1.50. The first-order valence-electron chi connectivity index (χ1n) is 2.38. The molecule has 0 fully saturated rings.